The lowest BCUT2D eigenvalue weighted by atomic mass is 10.1. The summed E-state index contributed by atoms with van der Waals surface area (Å²) in [7, 11) is -2.77. The summed E-state index contributed by atoms with van der Waals surface area (Å²) in [5.74, 6) is -0.576. The van der Waals surface area contributed by atoms with Crippen LogP contribution < -0.4 is 14.4 Å². The first-order valence-corrected chi connectivity index (χ1v) is 13.8. The van der Waals surface area contributed by atoms with Crippen LogP contribution in [-0.4, -0.2) is 57.6 Å². The molecule has 2 aromatic rings. The van der Waals surface area contributed by atoms with Crippen molar-refractivity contribution in [2.45, 2.75) is 39.5 Å². The molecule has 38 heavy (non-hydrogen) atoms. The summed E-state index contributed by atoms with van der Waals surface area (Å²) in [4.78, 5) is 27.5. The SMILES string of the molecule is COc1ccc(CN(C(=O)CN(c2cc(C(F)(F)F)ccc2Cl)S(C)(=O)=O)[C@H](C)C(=O)NCC(C)C)cc1. The number of nitrogens with one attached hydrogen (secondary N) is 1. The molecule has 0 aromatic heterocycles. The lowest BCUT2D eigenvalue weighted by Gasteiger charge is -2.32. The van der Waals surface area contributed by atoms with Gasteiger partial charge in [0.2, 0.25) is 21.8 Å². The van der Waals surface area contributed by atoms with Crippen LogP contribution in [0.5, 0.6) is 5.75 Å². The number of rotatable bonds is 11. The van der Waals surface area contributed by atoms with Gasteiger partial charge in [0.25, 0.3) is 0 Å². The highest BCUT2D eigenvalue weighted by Gasteiger charge is 2.34. The zero-order valence-electron chi connectivity index (χ0n) is 21.7. The topological polar surface area (TPSA) is 96.0 Å². The first-order chi connectivity index (χ1) is 17.5. The molecule has 0 bridgehead atoms. The van der Waals surface area contributed by atoms with Crippen LogP contribution >= 0.6 is 11.6 Å². The predicted molar refractivity (Wildman–Crippen MR) is 139 cm³/mol. The van der Waals surface area contributed by atoms with Crippen molar-refractivity contribution in [2.75, 3.05) is 30.8 Å². The second-order valence-electron chi connectivity index (χ2n) is 9.12. The lowest BCUT2D eigenvalue weighted by molar-refractivity contribution is -0.139. The van der Waals surface area contributed by atoms with E-state index < -0.39 is 51.9 Å². The van der Waals surface area contributed by atoms with Crippen LogP contribution in [-0.2, 0) is 32.3 Å². The summed E-state index contributed by atoms with van der Waals surface area (Å²) in [6.45, 7) is 4.68. The first-order valence-electron chi connectivity index (χ1n) is 11.6. The maximum absolute atomic E-state index is 13.5. The Kier molecular flexibility index (Phi) is 10.4. The summed E-state index contributed by atoms with van der Waals surface area (Å²) < 4.78 is 70.9. The van der Waals surface area contributed by atoms with E-state index in [-0.39, 0.29) is 17.5 Å². The van der Waals surface area contributed by atoms with E-state index in [2.05, 4.69) is 5.32 Å². The number of carbonyl (C=O) groups is 2. The van der Waals surface area contributed by atoms with Gasteiger partial charge in [0, 0.05) is 13.1 Å². The molecule has 0 saturated heterocycles. The number of anilines is 1. The number of benzene rings is 2. The van der Waals surface area contributed by atoms with Crippen molar-refractivity contribution in [1.82, 2.24) is 10.2 Å². The molecule has 0 aliphatic carbocycles. The summed E-state index contributed by atoms with van der Waals surface area (Å²) >= 11 is 6.08. The molecule has 0 saturated carbocycles. The Labute approximate surface area is 225 Å². The van der Waals surface area contributed by atoms with Crippen molar-refractivity contribution in [3.63, 3.8) is 0 Å². The minimum atomic E-state index is -4.77. The fourth-order valence-corrected chi connectivity index (χ4v) is 4.56. The third-order valence-electron chi connectivity index (χ3n) is 5.59. The molecule has 0 radical (unpaired) electrons. The van der Waals surface area contributed by atoms with Gasteiger partial charge in [-0.05, 0) is 48.7 Å². The van der Waals surface area contributed by atoms with E-state index in [1.54, 1.807) is 24.3 Å². The second-order valence-corrected chi connectivity index (χ2v) is 11.4. The first kappa shape index (κ1) is 31.2. The van der Waals surface area contributed by atoms with Gasteiger partial charge in [-0.25, -0.2) is 8.42 Å². The molecule has 1 atom stereocenters. The molecule has 2 rings (SSSR count). The van der Waals surface area contributed by atoms with E-state index in [1.165, 1.54) is 14.0 Å². The number of alkyl halides is 3. The highest BCUT2D eigenvalue weighted by Crippen LogP contribution is 2.36. The zero-order chi connectivity index (χ0) is 28.8. The van der Waals surface area contributed by atoms with E-state index in [9.17, 15) is 31.2 Å². The number of nitrogens with zero attached hydrogens (tertiary/aromatic N) is 2. The van der Waals surface area contributed by atoms with Gasteiger partial charge in [0.1, 0.15) is 18.3 Å². The van der Waals surface area contributed by atoms with Crippen molar-refractivity contribution < 1.29 is 35.9 Å². The number of methoxy groups -OCH3 is 1. The van der Waals surface area contributed by atoms with Gasteiger partial charge in [0.05, 0.1) is 29.6 Å². The molecule has 0 aliphatic heterocycles. The molecule has 0 fully saturated rings. The third-order valence-corrected chi connectivity index (χ3v) is 7.03. The Morgan fingerprint density at radius 3 is 2.18 bits per heavy atom. The molecule has 210 valence electrons. The standard InChI is InChI=1S/C25H31ClF3N3O5S/c1-16(2)13-30-24(34)17(3)31(14-18-6-9-20(37-4)10-7-18)23(33)15-32(38(5,35)36)22-12-19(25(27,28)29)8-11-21(22)26/h6-12,16-17H,13-15H2,1-5H3,(H,30,34)/t17-/m1/s1. The van der Waals surface area contributed by atoms with Crippen LogP contribution in [0.3, 0.4) is 0 Å². The smallest absolute Gasteiger partial charge is 0.416 e. The maximum atomic E-state index is 13.5. The van der Waals surface area contributed by atoms with Gasteiger partial charge >= 0.3 is 6.18 Å². The van der Waals surface area contributed by atoms with Crippen LogP contribution in [0.4, 0.5) is 18.9 Å². The lowest BCUT2D eigenvalue weighted by Crippen LogP contribution is -2.51. The van der Waals surface area contributed by atoms with Gasteiger partial charge in [0.15, 0.2) is 0 Å². The molecule has 13 heteroatoms. The van der Waals surface area contributed by atoms with Crippen LogP contribution in [0.2, 0.25) is 5.02 Å². The van der Waals surface area contributed by atoms with Gasteiger partial charge in [-0.3, -0.25) is 13.9 Å². The summed E-state index contributed by atoms with van der Waals surface area (Å²) in [6, 6.07) is 7.85. The number of hydrogen-bond acceptors (Lipinski definition) is 5. The van der Waals surface area contributed by atoms with Gasteiger partial charge < -0.3 is 15.0 Å². The number of ether oxygens (including phenoxy) is 1. The predicted octanol–water partition coefficient (Wildman–Crippen LogP) is 4.32. The van der Waals surface area contributed by atoms with Crippen LogP contribution in [0.15, 0.2) is 42.5 Å². The molecule has 0 spiro atoms. The van der Waals surface area contributed by atoms with Crippen LogP contribution in [0, 0.1) is 5.92 Å². The highest BCUT2D eigenvalue weighted by atomic mass is 35.5. The van der Waals surface area contributed by atoms with E-state index in [1.807, 2.05) is 13.8 Å². The molecule has 0 aliphatic rings. The van der Waals surface area contributed by atoms with Gasteiger partial charge in [-0.1, -0.05) is 37.6 Å². The Bertz CT molecular complexity index is 1240. The maximum Gasteiger partial charge on any atom is 0.416 e. The van der Waals surface area contributed by atoms with E-state index in [0.717, 1.165) is 17.2 Å². The van der Waals surface area contributed by atoms with Crippen LogP contribution in [0.1, 0.15) is 31.9 Å². The fraction of sp³-hybridized carbons (Fsp3) is 0.440. The molecule has 1 N–H and O–H groups in total. The Balaban J connectivity index is 2.47. The number of carbonyl (C=O) groups excluding carboxylic acids is 2. The van der Waals surface area contributed by atoms with E-state index in [4.69, 9.17) is 16.3 Å². The quantitative estimate of drug-likeness (QED) is 0.429. The number of amides is 2. The van der Waals surface area contributed by atoms with E-state index in [0.29, 0.717) is 34.3 Å². The number of sulfonamides is 1. The van der Waals surface area contributed by atoms with Gasteiger partial charge in [-0.15, -0.1) is 0 Å². The molecule has 0 heterocycles. The average molecular weight is 578 g/mol. The van der Waals surface area contributed by atoms with Crippen molar-refractivity contribution >= 4 is 39.1 Å². The second kappa shape index (κ2) is 12.7. The molecule has 2 amide bonds. The summed E-state index contributed by atoms with van der Waals surface area (Å²) in [5, 5.41) is 2.45. The molecular weight excluding hydrogens is 547 g/mol. The number of hydrogen-bond donors (Lipinski definition) is 1. The third kappa shape index (κ3) is 8.52. The van der Waals surface area contributed by atoms with E-state index >= 15 is 0 Å². The molecule has 8 nitrogen and oxygen atoms in total. The van der Waals surface area contributed by atoms with Crippen LogP contribution in [0.25, 0.3) is 0 Å². The van der Waals surface area contributed by atoms with Crippen molar-refractivity contribution in [3.8, 4) is 5.75 Å². The normalized spacial score (nSPS) is 12.7. The zero-order valence-corrected chi connectivity index (χ0v) is 23.2. The minimum Gasteiger partial charge on any atom is -0.497 e. The summed E-state index contributed by atoms with van der Waals surface area (Å²) in [5.41, 5.74) is -1.01. The Hall–Kier alpha value is -2.99. The monoisotopic (exact) mass is 577 g/mol. The largest absolute Gasteiger partial charge is 0.497 e. The molecule has 2 aromatic carbocycles. The Morgan fingerprint density at radius 2 is 1.68 bits per heavy atom. The Morgan fingerprint density at radius 1 is 1.08 bits per heavy atom. The average Bonchev–Trinajstić information content (AvgIpc) is 2.83. The highest BCUT2D eigenvalue weighted by molar-refractivity contribution is 7.92. The van der Waals surface area contributed by atoms with Crippen molar-refractivity contribution in [2.24, 2.45) is 5.92 Å². The fourth-order valence-electron chi connectivity index (χ4n) is 3.44. The van der Waals surface area contributed by atoms with Crippen molar-refractivity contribution in [1.29, 1.82) is 0 Å². The summed E-state index contributed by atoms with van der Waals surface area (Å²) in [6.07, 6.45) is -4.01. The van der Waals surface area contributed by atoms with Crippen molar-refractivity contribution in [3.05, 3.63) is 58.6 Å². The molecular formula is C25H31ClF3N3O5S. The number of halogens is 4. The van der Waals surface area contributed by atoms with Gasteiger partial charge in [-0.2, -0.15) is 13.2 Å². The minimum absolute atomic E-state index is 0.0764. The molecule has 0 unspecified atom stereocenters.